The summed E-state index contributed by atoms with van der Waals surface area (Å²) in [7, 11) is 1.65. The molecule has 30 heavy (non-hydrogen) atoms. The summed E-state index contributed by atoms with van der Waals surface area (Å²) in [5, 5.41) is 7.83. The molecule has 0 unspecified atom stereocenters. The van der Waals surface area contributed by atoms with Gasteiger partial charge in [-0.15, -0.1) is 0 Å². The number of carbonyl (C=O) groups excluding carboxylic acids is 1. The lowest BCUT2D eigenvalue weighted by atomic mass is 10.0. The molecule has 5 heteroatoms. The summed E-state index contributed by atoms with van der Waals surface area (Å²) < 4.78 is 7.43. The predicted octanol–water partition coefficient (Wildman–Crippen LogP) is 4.93. The molecule has 3 rings (SSSR count). The second-order valence-electron chi connectivity index (χ2n) is 7.88. The van der Waals surface area contributed by atoms with Gasteiger partial charge in [0.25, 0.3) is 0 Å². The quantitative estimate of drug-likeness (QED) is 0.543. The van der Waals surface area contributed by atoms with Crippen molar-refractivity contribution in [1.82, 2.24) is 15.1 Å². The fourth-order valence-electron chi connectivity index (χ4n) is 3.09. The van der Waals surface area contributed by atoms with Gasteiger partial charge in [-0.2, -0.15) is 5.10 Å². The van der Waals surface area contributed by atoms with Crippen LogP contribution in [0.3, 0.4) is 0 Å². The van der Waals surface area contributed by atoms with E-state index in [4.69, 9.17) is 9.84 Å². The van der Waals surface area contributed by atoms with Gasteiger partial charge < -0.3 is 10.1 Å². The number of benzene rings is 2. The van der Waals surface area contributed by atoms with Crippen LogP contribution in [-0.4, -0.2) is 28.3 Å². The zero-order valence-electron chi connectivity index (χ0n) is 18.1. The number of rotatable bonds is 8. The van der Waals surface area contributed by atoms with Crippen molar-refractivity contribution in [3.05, 3.63) is 78.0 Å². The van der Waals surface area contributed by atoms with Gasteiger partial charge in [-0.3, -0.25) is 9.48 Å². The maximum Gasteiger partial charge on any atom is 0.244 e. The average molecular weight is 404 g/mol. The van der Waals surface area contributed by atoms with Crippen molar-refractivity contribution in [3.63, 3.8) is 0 Å². The molecule has 0 fully saturated rings. The summed E-state index contributed by atoms with van der Waals surface area (Å²) in [5.74, 6) is 0.623. The third kappa shape index (κ3) is 5.38. The molecule has 2 aromatic carbocycles. The minimum atomic E-state index is -0.246. The third-order valence-electron chi connectivity index (χ3n) is 5.10. The van der Waals surface area contributed by atoms with Gasteiger partial charge in [-0.1, -0.05) is 49.4 Å². The normalized spacial score (nSPS) is 11.6. The number of para-hydroxylation sites is 1. The first-order valence-electron chi connectivity index (χ1n) is 10.2. The Morgan fingerprint density at radius 1 is 1.13 bits per heavy atom. The van der Waals surface area contributed by atoms with E-state index in [2.05, 4.69) is 24.4 Å². The van der Waals surface area contributed by atoms with E-state index in [9.17, 15) is 4.79 Å². The van der Waals surface area contributed by atoms with Crippen molar-refractivity contribution in [1.29, 1.82) is 0 Å². The molecule has 0 saturated heterocycles. The standard InChI is InChI=1S/C25H29N3O2/c1-5-25(2,3)26-23(29)16-15-20-18-28(17-19-11-7-6-8-12-19)27-24(20)21-13-9-10-14-22(21)30-4/h6-16,18H,5,17H2,1-4H3,(H,26,29)/b16-15+. The topological polar surface area (TPSA) is 56.2 Å². The summed E-state index contributed by atoms with van der Waals surface area (Å²) in [6, 6.07) is 17.9. The Hall–Kier alpha value is -3.34. The van der Waals surface area contributed by atoms with Crippen LogP contribution in [0.4, 0.5) is 0 Å². The maximum absolute atomic E-state index is 12.4. The van der Waals surface area contributed by atoms with E-state index in [1.807, 2.05) is 73.3 Å². The molecule has 0 radical (unpaired) electrons. The van der Waals surface area contributed by atoms with Crippen molar-refractivity contribution in [2.45, 2.75) is 39.3 Å². The van der Waals surface area contributed by atoms with E-state index in [0.29, 0.717) is 6.54 Å². The highest BCUT2D eigenvalue weighted by Crippen LogP contribution is 2.31. The summed E-state index contributed by atoms with van der Waals surface area (Å²) in [6.07, 6.45) is 6.20. The van der Waals surface area contributed by atoms with Crippen molar-refractivity contribution in [2.75, 3.05) is 7.11 Å². The Morgan fingerprint density at radius 2 is 1.83 bits per heavy atom. The zero-order valence-corrected chi connectivity index (χ0v) is 18.1. The van der Waals surface area contributed by atoms with E-state index >= 15 is 0 Å². The van der Waals surface area contributed by atoms with E-state index in [1.165, 1.54) is 0 Å². The van der Waals surface area contributed by atoms with Crippen molar-refractivity contribution in [3.8, 4) is 17.0 Å². The summed E-state index contributed by atoms with van der Waals surface area (Å²) in [6.45, 7) is 6.72. The van der Waals surface area contributed by atoms with Crippen molar-refractivity contribution < 1.29 is 9.53 Å². The SMILES string of the molecule is CCC(C)(C)NC(=O)/C=C/c1cn(Cc2ccccc2)nc1-c1ccccc1OC. The fourth-order valence-corrected chi connectivity index (χ4v) is 3.09. The predicted molar refractivity (Wildman–Crippen MR) is 121 cm³/mol. The molecule has 0 bridgehead atoms. The van der Waals surface area contributed by atoms with E-state index < -0.39 is 0 Å². The van der Waals surface area contributed by atoms with E-state index in [1.54, 1.807) is 13.2 Å². The number of hydrogen-bond donors (Lipinski definition) is 1. The number of methoxy groups -OCH3 is 1. The van der Waals surface area contributed by atoms with Crippen LogP contribution in [-0.2, 0) is 11.3 Å². The molecular formula is C25H29N3O2. The molecule has 0 aliphatic heterocycles. The maximum atomic E-state index is 12.4. The Bertz CT molecular complexity index is 1020. The van der Waals surface area contributed by atoms with Gasteiger partial charge in [0.1, 0.15) is 11.4 Å². The molecule has 1 amide bonds. The van der Waals surface area contributed by atoms with E-state index in [-0.39, 0.29) is 11.4 Å². The van der Waals surface area contributed by atoms with Gasteiger partial charge in [0.15, 0.2) is 0 Å². The Kier molecular flexibility index (Phi) is 6.72. The molecular weight excluding hydrogens is 374 g/mol. The lowest BCUT2D eigenvalue weighted by Crippen LogP contribution is -2.41. The second kappa shape index (κ2) is 9.44. The van der Waals surface area contributed by atoms with Crippen molar-refractivity contribution in [2.24, 2.45) is 0 Å². The minimum Gasteiger partial charge on any atom is -0.496 e. The molecule has 0 spiro atoms. The molecule has 0 saturated carbocycles. The second-order valence-corrected chi connectivity index (χ2v) is 7.88. The average Bonchev–Trinajstić information content (AvgIpc) is 3.15. The molecule has 156 valence electrons. The molecule has 1 heterocycles. The summed E-state index contributed by atoms with van der Waals surface area (Å²) in [4.78, 5) is 12.4. The highest BCUT2D eigenvalue weighted by Gasteiger charge is 2.17. The molecule has 3 aromatic rings. The summed E-state index contributed by atoms with van der Waals surface area (Å²) >= 11 is 0. The van der Waals surface area contributed by atoms with Crippen LogP contribution >= 0.6 is 0 Å². The smallest absolute Gasteiger partial charge is 0.244 e. The summed E-state index contributed by atoms with van der Waals surface area (Å²) in [5.41, 5.74) is 3.44. The molecule has 1 N–H and O–H groups in total. The highest BCUT2D eigenvalue weighted by molar-refractivity contribution is 5.93. The van der Waals surface area contributed by atoms with Crippen LogP contribution in [0, 0.1) is 0 Å². The Morgan fingerprint density at radius 3 is 2.53 bits per heavy atom. The Balaban J connectivity index is 1.95. The molecule has 0 aliphatic rings. The van der Waals surface area contributed by atoms with Gasteiger partial charge in [0, 0.05) is 28.9 Å². The third-order valence-corrected chi connectivity index (χ3v) is 5.10. The minimum absolute atomic E-state index is 0.122. The van der Waals surface area contributed by atoms with Crippen LogP contribution < -0.4 is 10.1 Å². The van der Waals surface area contributed by atoms with Crippen LogP contribution in [0.2, 0.25) is 0 Å². The zero-order chi connectivity index (χ0) is 21.6. The van der Waals surface area contributed by atoms with Crippen LogP contribution in [0.1, 0.15) is 38.3 Å². The van der Waals surface area contributed by atoms with Gasteiger partial charge in [0.2, 0.25) is 5.91 Å². The number of nitrogens with one attached hydrogen (secondary N) is 1. The van der Waals surface area contributed by atoms with Gasteiger partial charge in [-0.25, -0.2) is 0 Å². The van der Waals surface area contributed by atoms with Crippen molar-refractivity contribution >= 4 is 12.0 Å². The van der Waals surface area contributed by atoms with Gasteiger partial charge in [-0.05, 0) is 44.0 Å². The van der Waals surface area contributed by atoms with Crippen LogP contribution in [0.25, 0.3) is 17.3 Å². The number of amides is 1. The first-order chi connectivity index (χ1) is 14.4. The number of ether oxygens (including phenoxy) is 1. The van der Waals surface area contributed by atoms with Gasteiger partial charge >= 0.3 is 0 Å². The molecule has 1 aromatic heterocycles. The number of nitrogens with zero attached hydrogens (tertiary/aromatic N) is 2. The van der Waals surface area contributed by atoms with Gasteiger partial charge in [0.05, 0.1) is 13.7 Å². The monoisotopic (exact) mass is 403 g/mol. The molecule has 5 nitrogen and oxygen atoms in total. The van der Waals surface area contributed by atoms with Crippen LogP contribution in [0.5, 0.6) is 5.75 Å². The first-order valence-corrected chi connectivity index (χ1v) is 10.2. The first kappa shape index (κ1) is 21.4. The highest BCUT2D eigenvalue weighted by atomic mass is 16.5. The largest absolute Gasteiger partial charge is 0.496 e. The van der Waals surface area contributed by atoms with Crippen LogP contribution in [0.15, 0.2) is 66.9 Å². The number of aromatic nitrogens is 2. The van der Waals surface area contributed by atoms with E-state index in [0.717, 1.165) is 34.6 Å². The lowest BCUT2D eigenvalue weighted by Gasteiger charge is -2.23. The lowest BCUT2D eigenvalue weighted by molar-refractivity contribution is -0.117. The fraction of sp³-hybridized carbons (Fsp3) is 0.280. The number of hydrogen-bond acceptors (Lipinski definition) is 3. The number of carbonyl (C=O) groups is 1. The Labute approximate surface area is 178 Å². The molecule has 0 aliphatic carbocycles. The molecule has 0 atom stereocenters.